The zero-order valence-electron chi connectivity index (χ0n) is 19.6. The Morgan fingerprint density at radius 2 is 1.61 bits per heavy atom. The molecule has 0 bridgehead atoms. The number of nitrogens with zero attached hydrogens (tertiary/aromatic N) is 1. The van der Waals surface area contributed by atoms with Gasteiger partial charge in [0, 0.05) is 22.2 Å². The van der Waals surface area contributed by atoms with E-state index in [2.05, 4.69) is 15.0 Å². The highest BCUT2D eigenvalue weighted by molar-refractivity contribution is 7.92. The number of hydrogen-bond donors (Lipinski definition) is 2. The number of ether oxygens (including phenoxy) is 3. The van der Waals surface area contributed by atoms with Crippen LogP contribution in [0.25, 0.3) is 11.3 Å². The number of carbonyl (C=O) groups excluding carboxylic acids is 1. The molecule has 9 nitrogen and oxygen atoms in total. The molecule has 3 aromatic carbocycles. The maximum atomic E-state index is 12.9. The van der Waals surface area contributed by atoms with E-state index in [9.17, 15) is 13.2 Å². The summed E-state index contributed by atoms with van der Waals surface area (Å²) in [6.45, 7) is 0. The predicted molar refractivity (Wildman–Crippen MR) is 139 cm³/mol. The van der Waals surface area contributed by atoms with Crippen LogP contribution in [0.4, 0.5) is 10.8 Å². The Morgan fingerprint density at radius 3 is 2.31 bits per heavy atom. The van der Waals surface area contributed by atoms with Crippen molar-refractivity contribution in [1.29, 1.82) is 0 Å². The number of nitrogens with one attached hydrogen (secondary N) is 2. The second-order valence-corrected chi connectivity index (χ2v) is 9.96. The summed E-state index contributed by atoms with van der Waals surface area (Å²) < 4.78 is 43.7. The fourth-order valence-electron chi connectivity index (χ4n) is 3.33. The quantitative estimate of drug-likeness (QED) is 0.320. The first-order chi connectivity index (χ1) is 17.3. The van der Waals surface area contributed by atoms with Gasteiger partial charge in [-0.25, -0.2) is 13.4 Å². The molecule has 1 amide bonds. The molecule has 186 valence electrons. The molecule has 2 N–H and O–H groups in total. The van der Waals surface area contributed by atoms with Crippen molar-refractivity contribution in [2.75, 3.05) is 31.4 Å². The molecule has 0 aliphatic rings. The van der Waals surface area contributed by atoms with Crippen LogP contribution >= 0.6 is 11.3 Å². The Bertz CT molecular complexity index is 1480. The number of anilines is 2. The van der Waals surface area contributed by atoms with Crippen LogP contribution in [-0.4, -0.2) is 40.6 Å². The van der Waals surface area contributed by atoms with Gasteiger partial charge < -0.3 is 14.2 Å². The number of benzene rings is 3. The lowest BCUT2D eigenvalue weighted by molar-refractivity contribution is 0.102. The van der Waals surface area contributed by atoms with E-state index in [1.807, 2.05) is 0 Å². The first-order valence-corrected chi connectivity index (χ1v) is 13.0. The van der Waals surface area contributed by atoms with Crippen LogP contribution in [0, 0.1) is 0 Å². The number of aromatic nitrogens is 1. The minimum atomic E-state index is -3.85. The van der Waals surface area contributed by atoms with E-state index in [0.717, 1.165) is 5.56 Å². The molecule has 4 rings (SSSR count). The molecular weight excluding hydrogens is 502 g/mol. The first-order valence-electron chi connectivity index (χ1n) is 10.6. The summed E-state index contributed by atoms with van der Waals surface area (Å²) in [4.78, 5) is 17.4. The van der Waals surface area contributed by atoms with Crippen LogP contribution in [0.1, 0.15) is 10.4 Å². The highest BCUT2D eigenvalue weighted by atomic mass is 32.2. The fraction of sp³-hybridized carbons (Fsp3) is 0.120. The van der Waals surface area contributed by atoms with Crippen molar-refractivity contribution in [1.82, 2.24) is 4.98 Å². The minimum Gasteiger partial charge on any atom is -0.497 e. The summed E-state index contributed by atoms with van der Waals surface area (Å²) in [5.74, 6) is 1.39. The number of amides is 1. The average Bonchev–Trinajstić information content (AvgIpc) is 3.36. The first kappa shape index (κ1) is 25.0. The Morgan fingerprint density at radius 1 is 0.889 bits per heavy atom. The van der Waals surface area contributed by atoms with Crippen LogP contribution < -0.4 is 24.2 Å². The maximum absolute atomic E-state index is 12.9. The number of rotatable bonds is 9. The summed E-state index contributed by atoms with van der Waals surface area (Å²) >= 11 is 1.25. The molecule has 36 heavy (non-hydrogen) atoms. The van der Waals surface area contributed by atoms with E-state index < -0.39 is 15.9 Å². The molecule has 0 radical (unpaired) electrons. The van der Waals surface area contributed by atoms with Gasteiger partial charge in [-0.1, -0.05) is 6.07 Å². The van der Waals surface area contributed by atoms with Crippen LogP contribution in [0.5, 0.6) is 17.2 Å². The Hall–Kier alpha value is -4.09. The molecule has 0 unspecified atom stereocenters. The predicted octanol–water partition coefficient (Wildman–Crippen LogP) is 4.89. The standard InChI is InChI=1S/C25H23N3O6S2/c1-32-18-7-10-20(11-8-18)36(30,31)28-17-6-4-5-16(13-17)24(29)27-25-26-22(15-35-25)21-14-19(33-2)9-12-23(21)34-3/h4-15,28H,1-3H3,(H,26,27,29). The normalized spacial score (nSPS) is 11.0. The summed E-state index contributed by atoms with van der Waals surface area (Å²) in [7, 11) is 0.790. The highest BCUT2D eigenvalue weighted by Crippen LogP contribution is 2.35. The zero-order chi connectivity index (χ0) is 25.7. The van der Waals surface area contributed by atoms with Crippen LogP contribution in [0.15, 0.2) is 77.0 Å². The van der Waals surface area contributed by atoms with Gasteiger partial charge in [0.15, 0.2) is 5.13 Å². The number of carbonyl (C=O) groups is 1. The summed E-state index contributed by atoms with van der Waals surface area (Å²) in [6.07, 6.45) is 0. The average molecular weight is 526 g/mol. The molecule has 0 fully saturated rings. The second kappa shape index (κ2) is 10.7. The number of hydrogen-bond acceptors (Lipinski definition) is 8. The molecule has 0 aliphatic heterocycles. The van der Waals surface area contributed by atoms with Gasteiger partial charge in [-0.05, 0) is 60.7 Å². The highest BCUT2D eigenvalue weighted by Gasteiger charge is 2.17. The third-order valence-corrected chi connectivity index (χ3v) is 7.31. The third-order valence-electron chi connectivity index (χ3n) is 5.15. The smallest absolute Gasteiger partial charge is 0.261 e. The summed E-state index contributed by atoms with van der Waals surface area (Å²) in [6, 6.07) is 17.6. The van der Waals surface area contributed by atoms with E-state index in [-0.39, 0.29) is 16.1 Å². The second-order valence-electron chi connectivity index (χ2n) is 7.42. The molecule has 0 saturated heterocycles. The fourth-order valence-corrected chi connectivity index (χ4v) is 5.09. The lowest BCUT2D eigenvalue weighted by atomic mass is 10.1. The van der Waals surface area contributed by atoms with Gasteiger partial charge in [0.05, 0.1) is 31.9 Å². The minimum absolute atomic E-state index is 0.0708. The molecule has 4 aromatic rings. The van der Waals surface area contributed by atoms with Crippen molar-refractivity contribution < 1.29 is 27.4 Å². The van der Waals surface area contributed by atoms with Crippen molar-refractivity contribution in [2.45, 2.75) is 4.90 Å². The molecular formula is C25H23N3O6S2. The Kier molecular flexibility index (Phi) is 7.41. The zero-order valence-corrected chi connectivity index (χ0v) is 21.3. The van der Waals surface area contributed by atoms with Gasteiger partial charge in [0.25, 0.3) is 15.9 Å². The maximum Gasteiger partial charge on any atom is 0.261 e. The Balaban J connectivity index is 1.50. The molecule has 1 aromatic heterocycles. The Labute approximate surface area is 212 Å². The molecule has 0 saturated carbocycles. The van der Waals surface area contributed by atoms with Crippen LogP contribution in [0.2, 0.25) is 0 Å². The molecule has 1 heterocycles. The number of sulfonamides is 1. The van der Waals surface area contributed by atoms with Gasteiger partial charge in [-0.3, -0.25) is 14.8 Å². The van der Waals surface area contributed by atoms with Crippen molar-refractivity contribution in [3.8, 4) is 28.5 Å². The molecule has 0 aliphatic carbocycles. The van der Waals surface area contributed by atoms with Crippen LogP contribution in [-0.2, 0) is 10.0 Å². The van der Waals surface area contributed by atoms with E-state index >= 15 is 0 Å². The molecule has 11 heteroatoms. The van der Waals surface area contributed by atoms with Gasteiger partial charge >= 0.3 is 0 Å². The van der Waals surface area contributed by atoms with Crippen molar-refractivity contribution in [2.24, 2.45) is 0 Å². The van der Waals surface area contributed by atoms with Crippen LogP contribution in [0.3, 0.4) is 0 Å². The third kappa shape index (κ3) is 5.58. The van der Waals surface area contributed by atoms with Gasteiger partial charge in [0.1, 0.15) is 17.2 Å². The van der Waals surface area contributed by atoms with E-state index in [4.69, 9.17) is 14.2 Å². The molecule has 0 atom stereocenters. The van der Waals surface area contributed by atoms with Gasteiger partial charge in [-0.15, -0.1) is 11.3 Å². The molecule has 0 spiro atoms. The van der Waals surface area contributed by atoms with Crippen molar-refractivity contribution in [3.63, 3.8) is 0 Å². The van der Waals surface area contributed by atoms with E-state index in [0.29, 0.717) is 28.1 Å². The topological polar surface area (TPSA) is 116 Å². The SMILES string of the molecule is COc1ccc(S(=O)(=O)Nc2cccc(C(=O)Nc3nc(-c4cc(OC)ccc4OC)cs3)c2)cc1. The number of thiazole rings is 1. The monoisotopic (exact) mass is 525 g/mol. The lowest BCUT2D eigenvalue weighted by Crippen LogP contribution is -2.15. The van der Waals surface area contributed by atoms with Crippen molar-refractivity contribution >= 4 is 38.1 Å². The van der Waals surface area contributed by atoms with E-state index in [1.54, 1.807) is 68.1 Å². The largest absolute Gasteiger partial charge is 0.497 e. The number of methoxy groups -OCH3 is 3. The van der Waals surface area contributed by atoms with Crippen molar-refractivity contribution in [3.05, 3.63) is 77.7 Å². The van der Waals surface area contributed by atoms with Gasteiger partial charge in [-0.2, -0.15) is 0 Å². The lowest BCUT2D eigenvalue weighted by Gasteiger charge is -2.10. The summed E-state index contributed by atoms with van der Waals surface area (Å²) in [5, 5.41) is 4.93. The van der Waals surface area contributed by atoms with Gasteiger partial charge in [0.2, 0.25) is 0 Å². The summed E-state index contributed by atoms with van der Waals surface area (Å²) in [5.41, 5.74) is 1.86. The van der Waals surface area contributed by atoms with E-state index in [1.165, 1.54) is 36.6 Å².